The summed E-state index contributed by atoms with van der Waals surface area (Å²) >= 11 is 0. The maximum atomic E-state index is 2.51. The fraction of sp³-hybridized carbons (Fsp3) is 0.486. The molecule has 1 atom stereocenters. The monoisotopic (exact) mass is 468 g/mol. The Hall–Kier alpha value is -2.34. The van der Waals surface area contributed by atoms with Gasteiger partial charge < -0.3 is 0 Å². The van der Waals surface area contributed by atoms with Crippen molar-refractivity contribution >= 4 is 0 Å². The van der Waals surface area contributed by atoms with Crippen molar-refractivity contribution in [1.82, 2.24) is 0 Å². The highest BCUT2D eigenvalue weighted by atomic mass is 14.2. The molecule has 0 bridgehead atoms. The van der Waals surface area contributed by atoms with Gasteiger partial charge in [-0.2, -0.15) is 0 Å². The minimum atomic E-state index is 0.789. The van der Waals surface area contributed by atoms with Crippen LogP contribution in [0.4, 0.5) is 0 Å². The van der Waals surface area contributed by atoms with Gasteiger partial charge in [-0.15, -0.1) is 0 Å². The zero-order valence-corrected chi connectivity index (χ0v) is 23.9. The van der Waals surface area contributed by atoms with Crippen molar-refractivity contribution in [1.29, 1.82) is 0 Å². The molecule has 0 aliphatic heterocycles. The molecule has 1 unspecified atom stereocenters. The molecule has 0 heteroatoms. The Bertz CT molecular complexity index is 1150. The van der Waals surface area contributed by atoms with Crippen molar-refractivity contribution in [2.45, 2.75) is 101 Å². The normalized spacial score (nSPS) is 12.4. The molecular formula is C35H48. The molecule has 0 aromatic heterocycles. The summed E-state index contributed by atoms with van der Waals surface area (Å²) in [4.78, 5) is 0. The first-order valence-electron chi connectivity index (χ1n) is 13.8. The minimum Gasteiger partial charge on any atom is -0.0651 e. The van der Waals surface area contributed by atoms with Gasteiger partial charge in [0, 0.05) is 0 Å². The van der Waals surface area contributed by atoms with Crippen molar-refractivity contribution in [2.24, 2.45) is 11.8 Å². The van der Waals surface area contributed by atoms with Crippen LogP contribution in [0.2, 0.25) is 0 Å². The molecule has 0 fully saturated rings. The van der Waals surface area contributed by atoms with Gasteiger partial charge in [-0.25, -0.2) is 0 Å². The standard InChI is InChI=1S/C35H48/c1-10-30(13-11-23(2)3)19-34-20-31(16-25(5)28(34)8)18-32-17-26(6)29(9)35(21-32)22-33-14-12-24(4)15-27(33)7/h12,14-17,20-21,23,30H,10-11,13,18-19,22H2,1-9H3. The van der Waals surface area contributed by atoms with Crippen LogP contribution in [0.25, 0.3) is 0 Å². The lowest BCUT2D eigenvalue weighted by atomic mass is 9.86. The van der Waals surface area contributed by atoms with Gasteiger partial charge >= 0.3 is 0 Å². The van der Waals surface area contributed by atoms with E-state index in [1.165, 1.54) is 81.3 Å². The van der Waals surface area contributed by atoms with Crippen LogP contribution < -0.4 is 0 Å². The second kappa shape index (κ2) is 12.1. The molecule has 0 radical (unpaired) electrons. The van der Waals surface area contributed by atoms with E-state index >= 15 is 0 Å². The number of rotatable bonds is 10. The summed E-state index contributed by atoms with van der Waals surface area (Å²) in [7, 11) is 0. The van der Waals surface area contributed by atoms with Crippen LogP contribution >= 0.6 is 0 Å². The fourth-order valence-corrected chi connectivity index (χ4v) is 5.44. The third-order valence-corrected chi connectivity index (χ3v) is 8.19. The molecule has 0 aliphatic rings. The van der Waals surface area contributed by atoms with Crippen LogP contribution in [0.15, 0.2) is 42.5 Å². The second-order valence-electron chi connectivity index (χ2n) is 11.6. The zero-order chi connectivity index (χ0) is 25.7. The molecular weight excluding hydrogens is 420 g/mol. The summed E-state index contributed by atoms with van der Waals surface area (Å²) in [5.41, 5.74) is 15.9. The van der Waals surface area contributed by atoms with Crippen LogP contribution in [-0.4, -0.2) is 0 Å². The van der Waals surface area contributed by atoms with Gasteiger partial charge in [-0.05, 0) is 135 Å². The highest BCUT2D eigenvalue weighted by Crippen LogP contribution is 2.27. The van der Waals surface area contributed by atoms with Crippen LogP contribution in [0.3, 0.4) is 0 Å². The van der Waals surface area contributed by atoms with Crippen LogP contribution in [0, 0.1) is 53.4 Å². The lowest BCUT2D eigenvalue weighted by Gasteiger charge is -2.20. The molecule has 0 N–H and O–H groups in total. The Kier molecular flexibility index (Phi) is 9.40. The molecule has 35 heavy (non-hydrogen) atoms. The van der Waals surface area contributed by atoms with E-state index in [2.05, 4.69) is 105 Å². The molecule has 3 aromatic carbocycles. The first kappa shape index (κ1) is 27.3. The Labute approximate surface area is 216 Å². The van der Waals surface area contributed by atoms with Crippen molar-refractivity contribution < 1.29 is 0 Å². The Morgan fingerprint density at radius 2 is 1.20 bits per heavy atom. The highest BCUT2D eigenvalue weighted by Gasteiger charge is 2.14. The SMILES string of the molecule is CCC(CCC(C)C)Cc1cc(Cc2cc(C)c(C)c(Cc3ccc(C)cc3C)c2)cc(C)c1C. The van der Waals surface area contributed by atoms with Gasteiger partial charge in [0.1, 0.15) is 0 Å². The van der Waals surface area contributed by atoms with Gasteiger partial charge in [0.25, 0.3) is 0 Å². The van der Waals surface area contributed by atoms with E-state index in [9.17, 15) is 0 Å². The summed E-state index contributed by atoms with van der Waals surface area (Å²) < 4.78 is 0. The molecule has 0 nitrogen and oxygen atoms in total. The van der Waals surface area contributed by atoms with Crippen LogP contribution in [-0.2, 0) is 19.3 Å². The van der Waals surface area contributed by atoms with Gasteiger partial charge in [-0.3, -0.25) is 0 Å². The average molecular weight is 469 g/mol. The Morgan fingerprint density at radius 1 is 0.600 bits per heavy atom. The highest BCUT2D eigenvalue weighted by molar-refractivity contribution is 5.45. The quantitative estimate of drug-likeness (QED) is 0.278. The average Bonchev–Trinajstić information content (AvgIpc) is 2.79. The minimum absolute atomic E-state index is 0.789. The molecule has 0 saturated carbocycles. The largest absolute Gasteiger partial charge is 0.0651 e. The van der Waals surface area contributed by atoms with Crippen molar-refractivity contribution in [3.05, 3.63) is 104 Å². The summed E-state index contributed by atoms with van der Waals surface area (Å²) in [6, 6.07) is 16.7. The van der Waals surface area contributed by atoms with E-state index in [0.717, 1.165) is 24.7 Å². The molecule has 0 amide bonds. The van der Waals surface area contributed by atoms with Crippen molar-refractivity contribution in [3.63, 3.8) is 0 Å². The molecule has 188 valence electrons. The number of aryl methyl sites for hydroxylation is 4. The van der Waals surface area contributed by atoms with E-state index in [-0.39, 0.29) is 0 Å². The first-order chi connectivity index (χ1) is 16.6. The topological polar surface area (TPSA) is 0 Å². The van der Waals surface area contributed by atoms with Crippen molar-refractivity contribution in [3.8, 4) is 0 Å². The van der Waals surface area contributed by atoms with E-state index < -0.39 is 0 Å². The zero-order valence-electron chi connectivity index (χ0n) is 23.9. The summed E-state index contributed by atoms with van der Waals surface area (Å²) in [6.45, 7) is 20.7. The predicted molar refractivity (Wildman–Crippen MR) is 155 cm³/mol. The Morgan fingerprint density at radius 3 is 1.77 bits per heavy atom. The maximum absolute atomic E-state index is 2.51. The molecule has 0 heterocycles. The smallest absolute Gasteiger partial charge is 0.00203 e. The number of hydrogen-bond acceptors (Lipinski definition) is 0. The number of benzene rings is 3. The van der Waals surface area contributed by atoms with E-state index in [4.69, 9.17) is 0 Å². The van der Waals surface area contributed by atoms with E-state index in [1.807, 2.05) is 0 Å². The van der Waals surface area contributed by atoms with Gasteiger partial charge in [0.05, 0.1) is 0 Å². The van der Waals surface area contributed by atoms with Gasteiger partial charge in [0.2, 0.25) is 0 Å². The van der Waals surface area contributed by atoms with E-state index in [0.29, 0.717) is 0 Å². The van der Waals surface area contributed by atoms with Gasteiger partial charge in [-0.1, -0.05) is 81.6 Å². The predicted octanol–water partition coefficient (Wildman–Crippen LogP) is 9.72. The Balaban J connectivity index is 1.86. The molecule has 3 aromatic rings. The third kappa shape index (κ3) is 7.33. The molecule has 0 saturated heterocycles. The molecule has 0 aliphatic carbocycles. The molecule has 3 rings (SSSR count). The van der Waals surface area contributed by atoms with E-state index in [1.54, 1.807) is 5.56 Å². The molecule has 0 spiro atoms. The maximum Gasteiger partial charge on any atom is -0.00203 e. The fourth-order valence-electron chi connectivity index (χ4n) is 5.44. The lowest BCUT2D eigenvalue weighted by molar-refractivity contribution is 0.410. The number of hydrogen-bond donors (Lipinski definition) is 0. The van der Waals surface area contributed by atoms with Crippen LogP contribution in [0.1, 0.15) is 101 Å². The summed E-state index contributed by atoms with van der Waals surface area (Å²) in [5.74, 6) is 1.58. The van der Waals surface area contributed by atoms with Crippen LogP contribution in [0.5, 0.6) is 0 Å². The summed E-state index contributed by atoms with van der Waals surface area (Å²) in [6.07, 6.45) is 7.19. The van der Waals surface area contributed by atoms with Gasteiger partial charge in [0.15, 0.2) is 0 Å². The van der Waals surface area contributed by atoms with Crippen molar-refractivity contribution in [2.75, 3.05) is 0 Å². The summed E-state index contributed by atoms with van der Waals surface area (Å²) in [5, 5.41) is 0. The third-order valence-electron chi connectivity index (χ3n) is 8.19. The first-order valence-corrected chi connectivity index (χ1v) is 13.8. The second-order valence-corrected chi connectivity index (χ2v) is 11.6. The lowest BCUT2D eigenvalue weighted by Crippen LogP contribution is -2.08.